The molecule has 0 aliphatic heterocycles. The molecule has 5 heteroatoms. The minimum atomic E-state index is -0.451. The van der Waals surface area contributed by atoms with Gasteiger partial charge in [-0.3, -0.25) is 0 Å². The van der Waals surface area contributed by atoms with Gasteiger partial charge in [0.1, 0.15) is 0 Å². The standard InChI is InChI=1S/C13H30N2O3/c1-5-17-8-9-18-11-13(16)10-14-12(2)6-7-15(3)4/h12-14,16H,5-11H2,1-4H3. The van der Waals surface area contributed by atoms with Crippen LogP contribution in [0.25, 0.3) is 0 Å². The Bertz CT molecular complexity index is 180. The van der Waals surface area contributed by atoms with Crippen LogP contribution in [0.15, 0.2) is 0 Å². The number of ether oxygens (including phenoxy) is 2. The highest BCUT2D eigenvalue weighted by molar-refractivity contribution is 4.66. The van der Waals surface area contributed by atoms with Gasteiger partial charge in [-0.15, -0.1) is 0 Å². The first-order valence-electron chi connectivity index (χ1n) is 6.77. The summed E-state index contributed by atoms with van der Waals surface area (Å²) in [5.41, 5.74) is 0. The van der Waals surface area contributed by atoms with Crippen LogP contribution in [0.1, 0.15) is 20.3 Å². The van der Waals surface area contributed by atoms with Crippen LogP contribution in [-0.2, 0) is 9.47 Å². The Morgan fingerprint density at radius 1 is 1.22 bits per heavy atom. The Balaban J connectivity index is 3.37. The molecule has 2 unspecified atom stereocenters. The minimum absolute atomic E-state index is 0.362. The van der Waals surface area contributed by atoms with Crippen molar-refractivity contribution in [3.63, 3.8) is 0 Å². The fourth-order valence-corrected chi connectivity index (χ4v) is 1.43. The van der Waals surface area contributed by atoms with E-state index >= 15 is 0 Å². The topological polar surface area (TPSA) is 54.0 Å². The summed E-state index contributed by atoms with van der Waals surface area (Å²) in [4.78, 5) is 2.16. The van der Waals surface area contributed by atoms with E-state index in [1.54, 1.807) is 0 Å². The molecule has 0 aliphatic rings. The van der Waals surface area contributed by atoms with E-state index in [2.05, 4.69) is 31.2 Å². The van der Waals surface area contributed by atoms with E-state index in [1.165, 1.54) is 0 Å². The van der Waals surface area contributed by atoms with E-state index in [0.717, 1.165) is 13.0 Å². The number of aliphatic hydroxyl groups is 1. The summed E-state index contributed by atoms with van der Waals surface area (Å²) in [5.74, 6) is 0. The monoisotopic (exact) mass is 262 g/mol. The van der Waals surface area contributed by atoms with Gasteiger partial charge in [-0.25, -0.2) is 0 Å². The molecule has 0 rings (SSSR count). The highest BCUT2D eigenvalue weighted by atomic mass is 16.5. The quantitative estimate of drug-likeness (QED) is 0.497. The maximum absolute atomic E-state index is 9.69. The summed E-state index contributed by atoms with van der Waals surface area (Å²) in [6.45, 7) is 7.91. The van der Waals surface area contributed by atoms with Crippen LogP contribution in [0.4, 0.5) is 0 Å². The van der Waals surface area contributed by atoms with E-state index < -0.39 is 6.10 Å². The van der Waals surface area contributed by atoms with Crippen LogP contribution < -0.4 is 5.32 Å². The number of nitrogens with zero attached hydrogens (tertiary/aromatic N) is 1. The molecule has 0 amide bonds. The van der Waals surface area contributed by atoms with Gasteiger partial charge in [-0.2, -0.15) is 0 Å². The fourth-order valence-electron chi connectivity index (χ4n) is 1.43. The Labute approximate surface area is 111 Å². The number of rotatable bonds is 12. The third-order valence-electron chi connectivity index (χ3n) is 2.60. The smallest absolute Gasteiger partial charge is 0.0897 e. The lowest BCUT2D eigenvalue weighted by molar-refractivity contribution is 0.00577. The van der Waals surface area contributed by atoms with Gasteiger partial charge < -0.3 is 24.8 Å². The SMILES string of the molecule is CCOCCOCC(O)CNC(C)CCN(C)C. The fraction of sp³-hybridized carbons (Fsp3) is 1.00. The number of nitrogens with one attached hydrogen (secondary N) is 1. The summed E-state index contributed by atoms with van der Waals surface area (Å²) < 4.78 is 10.4. The zero-order chi connectivity index (χ0) is 13.8. The van der Waals surface area contributed by atoms with E-state index in [9.17, 15) is 5.11 Å². The molecular weight excluding hydrogens is 232 g/mol. The third-order valence-corrected chi connectivity index (χ3v) is 2.60. The van der Waals surface area contributed by atoms with Gasteiger partial charge in [-0.05, 0) is 40.9 Å². The van der Waals surface area contributed by atoms with Crippen molar-refractivity contribution < 1.29 is 14.6 Å². The first-order valence-corrected chi connectivity index (χ1v) is 6.77. The van der Waals surface area contributed by atoms with E-state index in [1.807, 2.05) is 6.92 Å². The van der Waals surface area contributed by atoms with Crippen LogP contribution in [0.5, 0.6) is 0 Å². The van der Waals surface area contributed by atoms with E-state index in [4.69, 9.17) is 9.47 Å². The molecule has 2 N–H and O–H groups in total. The largest absolute Gasteiger partial charge is 0.389 e. The molecule has 18 heavy (non-hydrogen) atoms. The molecule has 5 nitrogen and oxygen atoms in total. The van der Waals surface area contributed by atoms with E-state index in [-0.39, 0.29) is 0 Å². The van der Waals surface area contributed by atoms with Crippen LogP contribution in [0, 0.1) is 0 Å². The molecule has 0 bridgehead atoms. The van der Waals surface area contributed by atoms with Crippen molar-refractivity contribution in [2.75, 3.05) is 53.6 Å². The first kappa shape index (κ1) is 17.8. The average Bonchev–Trinajstić information content (AvgIpc) is 2.33. The molecule has 0 fully saturated rings. The summed E-state index contributed by atoms with van der Waals surface area (Å²) in [5, 5.41) is 13.0. The number of hydrogen-bond acceptors (Lipinski definition) is 5. The van der Waals surface area contributed by atoms with Crippen LogP contribution in [0.3, 0.4) is 0 Å². The Morgan fingerprint density at radius 3 is 2.50 bits per heavy atom. The number of aliphatic hydroxyl groups excluding tert-OH is 1. The summed E-state index contributed by atoms with van der Waals surface area (Å²) in [6, 6.07) is 0.408. The maximum atomic E-state index is 9.69. The lowest BCUT2D eigenvalue weighted by Gasteiger charge is -2.19. The van der Waals surface area contributed by atoms with Crippen molar-refractivity contribution in [1.82, 2.24) is 10.2 Å². The van der Waals surface area contributed by atoms with Crippen molar-refractivity contribution in [3.8, 4) is 0 Å². The second kappa shape index (κ2) is 11.9. The normalized spacial score (nSPS) is 15.0. The second-order valence-electron chi connectivity index (χ2n) is 4.83. The molecule has 0 aromatic rings. The van der Waals surface area contributed by atoms with Gasteiger partial charge in [-0.1, -0.05) is 0 Å². The summed E-state index contributed by atoms with van der Waals surface area (Å²) in [7, 11) is 4.13. The molecule has 0 aromatic heterocycles. The molecule has 0 saturated heterocycles. The predicted molar refractivity (Wildman–Crippen MR) is 74.0 cm³/mol. The molecule has 0 saturated carbocycles. The maximum Gasteiger partial charge on any atom is 0.0897 e. The zero-order valence-electron chi connectivity index (χ0n) is 12.3. The van der Waals surface area contributed by atoms with Crippen molar-refractivity contribution in [1.29, 1.82) is 0 Å². The lowest BCUT2D eigenvalue weighted by Crippen LogP contribution is -2.37. The Morgan fingerprint density at radius 2 is 1.89 bits per heavy atom. The Hall–Kier alpha value is -0.200. The van der Waals surface area contributed by atoms with Crippen molar-refractivity contribution in [2.24, 2.45) is 0 Å². The molecule has 0 aliphatic carbocycles. The van der Waals surface area contributed by atoms with Gasteiger partial charge in [0, 0.05) is 19.2 Å². The van der Waals surface area contributed by atoms with Crippen molar-refractivity contribution in [2.45, 2.75) is 32.4 Å². The van der Waals surface area contributed by atoms with Crippen LogP contribution in [0.2, 0.25) is 0 Å². The molecule has 0 aromatic carbocycles. The first-order chi connectivity index (χ1) is 8.56. The molecule has 2 atom stereocenters. The van der Waals surface area contributed by atoms with Gasteiger partial charge in [0.2, 0.25) is 0 Å². The molecule has 110 valence electrons. The zero-order valence-corrected chi connectivity index (χ0v) is 12.3. The minimum Gasteiger partial charge on any atom is -0.389 e. The summed E-state index contributed by atoms with van der Waals surface area (Å²) in [6.07, 6.45) is 0.624. The average molecular weight is 262 g/mol. The highest BCUT2D eigenvalue weighted by Crippen LogP contribution is 1.93. The summed E-state index contributed by atoms with van der Waals surface area (Å²) >= 11 is 0. The second-order valence-corrected chi connectivity index (χ2v) is 4.83. The lowest BCUT2D eigenvalue weighted by atomic mass is 10.2. The highest BCUT2D eigenvalue weighted by Gasteiger charge is 2.07. The van der Waals surface area contributed by atoms with Crippen LogP contribution in [-0.4, -0.2) is 75.8 Å². The molecule has 0 heterocycles. The Kier molecular flexibility index (Phi) is 11.7. The van der Waals surface area contributed by atoms with Gasteiger partial charge in [0.15, 0.2) is 0 Å². The predicted octanol–water partition coefficient (Wildman–Crippen LogP) is 0.330. The van der Waals surface area contributed by atoms with E-state index in [0.29, 0.717) is 39.0 Å². The molecule has 0 radical (unpaired) electrons. The van der Waals surface area contributed by atoms with Crippen LogP contribution >= 0.6 is 0 Å². The van der Waals surface area contributed by atoms with Gasteiger partial charge in [0.25, 0.3) is 0 Å². The molecule has 0 spiro atoms. The molecular formula is C13H30N2O3. The van der Waals surface area contributed by atoms with Gasteiger partial charge >= 0.3 is 0 Å². The van der Waals surface area contributed by atoms with Gasteiger partial charge in [0.05, 0.1) is 25.9 Å². The van der Waals surface area contributed by atoms with Crippen molar-refractivity contribution >= 4 is 0 Å². The third kappa shape index (κ3) is 12.3. The van der Waals surface area contributed by atoms with Crippen molar-refractivity contribution in [3.05, 3.63) is 0 Å². The number of hydrogen-bond donors (Lipinski definition) is 2.